The van der Waals surface area contributed by atoms with Gasteiger partial charge in [0.2, 0.25) is 0 Å². The molecule has 0 aromatic heterocycles. The van der Waals surface area contributed by atoms with Crippen molar-refractivity contribution in [3.05, 3.63) is 29.8 Å². The van der Waals surface area contributed by atoms with Gasteiger partial charge in [-0.25, -0.2) is 0 Å². The molecule has 0 radical (unpaired) electrons. The predicted octanol–water partition coefficient (Wildman–Crippen LogP) is 0.900. The molecular formula is C16H24IN. The SMILES string of the molecule is Cc1ccc([N+]2(C)CCC3(CCCC3)C2)cc1.[I-]. The van der Waals surface area contributed by atoms with Gasteiger partial charge in [-0.1, -0.05) is 30.5 Å². The van der Waals surface area contributed by atoms with E-state index in [9.17, 15) is 0 Å². The lowest BCUT2D eigenvalue weighted by Gasteiger charge is -2.31. The molecule has 1 saturated heterocycles. The van der Waals surface area contributed by atoms with Crippen LogP contribution in [0.15, 0.2) is 24.3 Å². The first-order valence-corrected chi connectivity index (χ1v) is 7.04. The van der Waals surface area contributed by atoms with Crippen molar-refractivity contribution in [3.8, 4) is 0 Å². The molecule has 1 spiro atoms. The molecule has 2 fully saturated rings. The third kappa shape index (κ3) is 2.46. The minimum absolute atomic E-state index is 0. The van der Waals surface area contributed by atoms with Crippen LogP contribution in [0.1, 0.15) is 37.7 Å². The van der Waals surface area contributed by atoms with Gasteiger partial charge < -0.3 is 24.0 Å². The van der Waals surface area contributed by atoms with Crippen molar-refractivity contribution in [2.75, 3.05) is 20.1 Å². The van der Waals surface area contributed by atoms with Crippen molar-refractivity contribution < 1.29 is 24.0 Å². The molecule has 1 heterocycles. The van der Waals surface area contributed by atoms with Crippen LogP contribution in [0.4, 0.5) is 5.69 Å². The molecule has 1 nitrogen and oxygen atoms in total. The Kier molecular flexibility index (Phi) is 4.07. The van der Waals surface area contributed by atoms with E-state index in [2.05, 4.69) is 38.2 Å². The summed E-state index contributed by atoms with van der Waals surface area (Å²) in [7, 11) is 2.43. The smallest absolute Gasteiger partial charge is 0.132 e. The number of quaternary nitrogens is 1. The van der Waals surface area contributed by atoms with E-state index in [-0.39, 0.29) is 24.0 Å². The van der Waals surface area contributed by atoms with Crippen molar-refractivity contribution >= 4 is 5.69 Å². The van der Waals surface area contributed by atoms with Gasteiger partial charge in [-0.05, 0) is 31.9 Å². The van der Waals surface area contributed by atoms with E-state index in [1.165, 1.54) is 60.9 Å². The molecule has 1 aromatic rings. The number of nitrogens with zero attached hydrogens (tertiary/aromatic N) is 1. The van der Waals surface area contributed by atoms with Crippen LogP contribution in [0.5, 0.6) is 0 Å². The number of hydrogen-bond acceptors (Lipinski definition) is 0. The molecule has 18 heavy (non-hydrogen) atoms. The second-order valence-electron chi connectivity index (χ2n) is 6.57. The first kappa shape index (κ1) is 14.3. The van der Waals surface area contributed by atoms with Gasteiger partial charge in [-0.2, -0.15) is 0 Å². The third-order valence-corrected chi connectivity index (χ3v) is 5.14. The normalized spacial score (nSPS) is 29.4. The molecule has 1 atom stereocenters. The van der Waals surface area contributed by atoms with Gasteiger partial charge in [0.15, 0.2) is 0 Å². The summed E-state index contributed by atoms with van der Waals surface area (Å²) in [6.07, 6.45) is 7.33. The highest BCUT2D eigenvalue weighted by Crippen LogP contribution is 2.48. The summed E-state index contributed by atoms with van der Waals surface area (Å²) in [6.45, 7) is 4.88. The highest BCUT2D eigenvalue weighted by molar-refractivity contribution is 5.45. The van der Waals surface area contributed by atoms with Crippen molar-refractivity contribution in [1.82, 2.24) is 4.48 Å². The molecule has 1 saturated carbocycles. The highest BCUT2D eigenvalue weighted by atomic mass is 127. The molecule has 0 bridgehead atoms. The Bertz CT molecular complexity index is 406. The lowest BCUT2D eigenvalue weighted by molar-refractivity contribution is -0.00000399. The van der Waals surface area contributed by atoms with E-state index < -0.39 is 0 Å². The Morgan fingerprint density at radius 3 is 2.22 bits per heavy atom. The molecule has 1 unspecified atom stereocenters. The quantitative estimate of drug-likeness (QED) is 0.518. The average Bonchev–Trinajstić information content (AvgIpc) is 2.89. The predicted molar refractivity (Wildman–Crippen MR) is 74.1 cm³/mol. The Hall–Kier alpha value is -0.0900. The van der Waals surface area contributed by atoms with E-state index >= 15 is 0 Å². The lowest BCUT2D eigenvalue weighted by atomic mass is 9.85. The maximum Gasteiger partial charge on any atom is 0.132 e. The van der Waals surface area contributed by atoms with Crippen LogP contribution in [0.25, 0.3) is 0 Å². The van der Waals surface area contributed by atoms with Gasteiger partial charge >= 0.3 is 0 Å². The zero-order valence-electron chi connectivity index (χ0n) is 11.6. The molecule has 2 heteroatoms. The average molecular weight is 357 g/mol. The van der Waals surface area contributed by atoms with Gasteiger partial charge in [-0.15, -0.1) is 0 Å². The molecule has 3 rings (SSSR count). The molecule has 2 aliphatic rings. The van der Waals surface area contributed by atoms with E-state index in [1.54, 1.807) is 0 Å². The van der Waals surface area contributed by atoms with Crippen LogP contribution < -0.4 is 28.5 Å². The first-order valence-electron chi connectivity index (χ1n) is 7.04. The molecular weight excluding hydrogens is 333 g/mol. The summed E-state index contributed by atoms with van der Waals surface area (Å²) in [5, 5.41) is 0. The number of rotatable bonds is 1. The molecule has 0 amide bonds. The molecule has 1 aromatic carbocycles. The maximum absolute atomic E-state index is 2.43. The fraction of sp³-hybridized carbons (Fsp3) is 0.625. The van der Waals surface area contributed by atoms with Crippen LogP contribution in [-0.2, 0) is 0 Å². The number of halogens is 1. The molecule has 1 aliphatic carbocycles. The zero-order valence-corrected chi connectivity index (χ0v) is 13.7. The van der Waals surface area contributed by atoms with Gasteiger partial charge in [0, 0.05) is 11.8 Å². The van der Waals surface area contributed by atoms with Crippen molar-refractivity contribution in [3.63, 3.8) is 0 Å². The lowest BCUT2D eigenvalue weighted by Crippen LogP contribution is -3.00. The van der Waals surface area contributed by atoms with Gasteiger partial charge in [-0.3, -0.25) is 4.48 Å². The molecule has 1 aliphatic heterocycles. The number of likely N-dealkylation sites (tertiary alicyclic amines) is 1. The summed E-state index contributed by atoms with van der Waals surface area (Å²) in [6, 6.07) is 9.20. The fourth-order valence-corrected chi connectivity index (χ4v) is 4.04. The highest BCUT2D eigenvalue weighted by Gasteiger charge is 2.48. The second kappa shape index (κ2) is 5.12. The standard InChI is InChI=1S/C16H24N.HI/c1-14-5-7-15(8-6-14)17(2)12-11-16(13-17)9-3-4-10-16;/h5-8H,3-4,9-13H2,1-2H3;1H/q+1;/p-1. The molecule has 0 N–H and O–H groups in total. The van der Waals surface area contributed by atoms with E-state index in [0.29, 0.717) is 5.41 Å². The second-order valence-corrected chi connectivity index (χ2v) is 6.57. The van der Waals surface area contributed by atoms with Crippen molar-refractivity contribution in [1.29, 1.82) is 0 Å². The van der Waals surface area contributed by atoms with Gasteiger partial charge in [0.1, 0.15) is 5.69 Å². The van der Waals surface area contributed by atoms with Crippen molar-refractivity contribution in [2.45, 2.75) is 39.0 Å². The third-order valence-electron chi connectivity index (χ3n) is 5.14. The minimum Gasteiger partial charge on any atom is -1.00 e. The van der Waals surface area contributed by atoms with Crippen LogP contribution >= 0.6 is 0 Å². The van der Waals surface area contributed by atoms with Crippen LogP contribution in [0, 0.1) is 12.3 Å². The summed E-state index contributed by atoms with van der Waals surface area (Å²) >= 11 is 0. The van der Waals surface area contributed by atoms with Crippen molar-refractivity contribution in [2.24, 2.45) is 5.41 Å². The number of aryl methyl sites for hydroxylation is 1. The van der Waals surface area contributed by atoms with Crippen LogP contribution in [0.2, 0.25) is 0 Å². The fourth-order valence-electron chi connectivity index (χ4n) is 4.04. The van der Waals surface area contributed by atoms with Crippen LogP contribution in [0.3, 0.4) is 0 Å². The Morgan fingerprint density at radius 2 is 1.61 bits per heavy atom. The van der Waals surface area contributed by atoms with Gasteiger partial charge in [0.05, 0.1) is 20.1 Å². The topological polar surface area (TPSA) is 0 Å². The monoisotopic (exact) mass is 357 g/mol. The van der Waals surface area contributed by atoms with E-state index in [1.807, 2.05) is 0 Å². The zero-order chi connectivity index (χ0) is 11.9. The number of hydrogen-bond donors (Lipinski definition) is 0. The number of benzene rings is 1. The maximum atomic E-state index is 2.43. The Labute approximate surface area is 128 Å². The van der Waals surface area contributed by atoms with Gasteiger partial charge in [0.25, 0.3) is 0 Å². The summed E-state index contributed by atoms with van der Waals surface area (Å²) in [5.41, 5.74) is 3.58. The summed E-state index contributed by atoms with van der Waals surface area (Å²) < 4.78 is 1.17. The Morgan fingerprint density at radius 1 is 1.00 bits per heavy atom. The summed E-state index contributed by atoms with van der Waals surface area (Å²) in [5.74, 6) is 0. The minimum atomic E-state index is 0. The first-order chi connectivity index (χ1) is 8.12. The summed E-state index contributed by atoms with van der Waals surface area (Å²) in [4.78, 5) is 0. The molecule has 100 valence electrons. The van der Waals surface area contributed by atoms with Crippen LogP contribution in [-0.4, -0.2) is 20.1 Å². The van der Waals surface area contributed by atoms with E-state index in [0.717, 1.165) is 0 Å². The van der Waals surface area contributed by atoms with E-state index in [4.69, 9.17) is 0 Å². The Balaban J connectivity index is 0.00000120. The largest absolute Gasteiger partial charge is 1.00 e.